The molecule has 1 aliphatic heterocycles. The second-order valence-corrected chi connectivity index (χ2v) is 6.74. The Morgan fingerprint density at radius 2 is 2.00 bits per heavy atom. The average Bonchev–Trinajstić information content (AvgIpc) is 2.95. The van der Waals surface area contributed by atoms with E-state index in [1.54, 1.807) is 6.92 Å². The Balaban J connectivity index is 1.91. The Bertz CT molecular complexity index is 472. The van der Waals surface area contributed by atoms with Gasteiger partial charge in [0, 0.05) is 32.2 Å². The van der Waals surface area contributed by atoms with E-state index in [1.807, 2.05) is 4.90 Å². The first-order chi connectivity index (χ1) is 10.5. The molecule has 1 amide bonds. The molecule has 2 N–H and O–H groups in total. The molecule has 122 valence electrons. The standard InChI is InChI=1S/C18H29N3O/c1-14(2)21(11-16-7-5-4-6-8-16)13-17-9-10-20(12-17)18(22)15(3)19/h4-8,14-15,17H,9-13,19H2,1-3H3/t15-,17-/m0/s1. The number of amides is 1. The van der Waals surface area contributed by atoms with Crippen LogP contribution in [0.5, 0.6) is 0 Å². The molecule has 1 saturated heterocycles. The van der Waals surface area contributed by atoms with Crippen LogP contribution in [0.15, 0.2) is 30.3 Å². The molecular weight excluding hydrogens is 274 g/mol. The Labute approximate surface area is 134 Å². The summed E-state index contributed by atoms with van der Waals surface area (Å²) >= 11 is 0. The lowest BCUT2D eigenvalue weighted by atomic mass is 10.1. The molecule has 1 heterocycles. The SMILES string of the molecule is CC(C)N(Cc1ccccc1)C[C@H]1CCN(C(=O)[C@H](C)N)C1. The van der Waals surface area contributed by atoms with Crippen molar-refractivity contribution in [1.29, 1.82) is 0 Å². The maximum absolute atomic E-state index is 12.0. The molecule has 0 aromatic heterocycles. The van der Waals surface area contributed by atoms with E-state index in [-0.39, 0.29) is 11.9 Å². The van der Waals surface area contributed by atoms with Gasteiger partial charge in [-0.3, -0.25) is 9.69 Å². The molecule has 1 aromatic carbocycles. The molecule has 0 bridgehead atoms. The molecule has 4 heteroatoms. The molecule has 1 aliphatic rings. The highest BCUT2D eigenvalue weighted by molar-refractivity contribution is 5.81. The van der Waals surface area contributed by atoms with Crippen LogP contribution in [-0.4, -0.2) is 47.4 Å². The highest BCUT2D eigenvalue weighted by Crippen LogP contribution is 2.20. The van der Waals surface area contributed by atoms with Crippen LogP contribution in [0.2, 0.25) is 0 Å². The number of nitrogens with zero attached hydrogens (tertiary/aromatic N) is 2. The van der Waals surface area contributed by atoms with Crippen molar-refractivity contribution in [2.75, 3.05) is 19.6 Å². The molecule has 2 atom stereocenters. The van der Waals surface area contributed by atoms with E-state index in [2.05, 4.69) is 49.1 Å². The largest absolute Gasteiger partial charge is 0.341 e. The molecule has 4 nitrogen and oxygen atoms in total. The van der Waals surface area contributed by atoms with Crippen LogP contribution in [0.1, 0.15) is 32.8 Å². The van der Waals surface area contributed by atoms with Gasteiger partial charge < -0.3 is 10.6 Å². The topological polar surface area (TPSA) is 49.6 Å². The van der Waals surface area contributed by atoms with Gasteiger partial charge in [0.1, 0.15) is 0 Å². The van der Waals surface area contributed by atoms with Gasteiger partial charge >= 0.3 is 0 Å². The summed E-state index contributed by atoms with van der Waals surface area (Å²) in [5, 5.41) is 0. The molecular formula is C18H29N3O. The quantitative estimate of drug-likeness (QED) is 0.875. The second-order valence-electron chi connectivity index (χ2n) is 6.74. The Kier molecular flexibility index (Phi) is 5.98. The third-order valence-electron chi connectivity index (χ3n) is 4.44. The predicted octanol–water partition coefficient (Wildman–Crippen LogP) is 2.09. The third-order valence-corrected chi connectivity index (χ3v) is 4.44. The molecule has 0 saturated carbocycles. The minimum absolute atomic E-state index is 0.0849. The van der Waals surface area contributed by atoms with Crippen molar-refractivity contribution in [3.05, 3.63) is 35.9 Å². The van der Waals surface area contributed by atoms with Gasteiger partial charge in [0.15, 0.2) is 0 Å². The minimum atomic E-state index is -0.385. The summed E-state index contributed by atoms with van der Waals surface area (Å²) in [6.07, 6.45) is 1.08. The van der Waals surface area contributed by atoms with Crippen LogP contribution in [0.25, 0.3) is 0 Å². The van der Waals surface area contributed by atoms with Crippen LogP contribution in [0.3, 0.4) is 0 Å². The number of likely N-dealkylation sites (tertiary alicyclic amines) is 1. The van der Waals surface area contributed by atoms with Gasteiger partial charge in [0.2, 0.25) is 5.91 Å². The van der Waals surface area contributed by atoms with Crippen LogP contribution >= 0.6 is 0 Å². The average molecular weight is 303 g/mol. The maximum atomic E-state index is 12.0. The summed E-state index contributed by atoms with van der Waals surface area (Å²) in [5.74, 6) is 0.635. The lowest BCUT2D eigenvalue weighted by molar-refractivity contribution is -0.131. The predicted molar refractivity (Wildman–Crippen MR) is 90.3 cm³/mol. The first-order valence-corrected chi connectivity index (χ1v) is 8.29. The molecule has 0 aliphatic carbocycles. The van der Waals surface area contributed by atoms with Gasteiger partial charge in [-0.15, -0.1) is 0 Å². The number of nitrogens with two attached hydrogens (primary N) is 1. The summed E-state index contributed by atoms with van der Waals surface area (Å²) in [6, 6.07) is 10.7. The fourth-order valence-corrected chi connectivity index (χ4v) is 3.08. The van der Waals surface area contributed by atoms with E-state index in [9.17, 15) is 4.79 Å². The van der Waals surface area contributed by atoms with Crippen molar-refractivity contribution in [2.45, 2.75) is 45.8 Å². The first-order valence-electron chi connectivity index (χ1n) is 8.29. The molecule has 22 heavy (non-hydrogen) atoms. The Morgan fingerprint density at radius 1 is 1.32 bits per heavy atom. The highest BCUT2D eigenvalue weighted by Gasteiger charge is 2.29. The van der Waals surface area contributed by atoms with Gasteiger partial charge in [0.05, 0.1) is 6.04 Å². The molecule has 2 rings (SSSR count). The molecule has 0 radical (unpaired) electrons. The van der Waals surface area contributed by atoms with E-state index in [4.69, 9.17) is 5.73 Å². The fourth-order valence-electron chi connectivity index (χ4n) is 3.08. The lowest BCUT2D eigenvalue weighted by Gasteiger charge is -2.29. The van der Waals surface area contributed by atoms with E-state index in [0.29, 0.717) is 12.0 Å². The number of rotatable bonds is 6. The van der Waals surface area contributed by atoms with E-state index in [1.165, 1.54) is 5.56 Å². The monoisotopic (exact) mass is 303 g/mol. The first kappa shape index (κ1) is 17.0. The summed E-state index contributed by atoms with van der Waals surface area (Å²) in [4.78, 5) is 16.4. The molecule has 1 aromatic rings. The van der Waals surface area contributed by atoms with E-state index < -0.39 is 0 Å². The smallest absolute Gasteiger partial charge is 0.239 e. The van der Waals surface area contributed by atoms with Gasteiger partial charge in [0.25, 0.3) is 0 Å². The summed E-state index contributed by atoms with van der Waals surface area (Å²) in [6.45, 7) is 9.95. The van der Waals surface area contributed by atoms with E-state index in [0.717, 1.165) is 32.6 Å². The van der Waals surface area contributed by atoms with Gasteiger partial charge in [-0.1, -0.05) is 30.3 Å². The van der Waals surface area contributed by atoms with Crippen LogP contribution in [-0.2, 0) is 11.3 Å². The van der Waals surface area contributed by atoms with Crippen molar-refractivity contribution < 1.29 is 4.79 Å². The fraction of sp³-hybridized carbons (Fsp3) is 0.611. The van der Waals surface area contributed by atoms with Crippen molar-refractivity contribution in [2.24, 2.45) is 11.7 Å². The maximum Gasteiger partial charge on any atom is 0.239 e. The van der Waals surface area contributed by atoms with Crippen LogP contribution < -0.4 is 5.73 Å². The Morgan fingerprint density at radius 3 is 2.59 bits per heavy atom. The minimum Gasteiger partial charge on any atom is -0.341 e. The van der Waals surface area contributed by atoms with Gasteiger partial charge in [-0.25, -0.2) is 0 Å². The molecule has 0 spiro atoms. The highest BCUT2D eigenvalue weighted by atomic mass is 16.2. The lowest BCUT2D eigenvalue weighted by Crippen LogP contribution is -2.41. The van der Waals surface area contributed by atoms with E-state index >= 15 is 0 Å². The van der Waals surface area contributed by atoms with Crippen molar-refractivity contribution in [3.63, 3.8) is 0 Å². The molecule has 1 fully saturated rings. The normalized spacial score (nSPS) is 19.9. The van der Waals surface area contributed by atoms with Crippen molar-refractivity contribution in [3.8, 4) is 0 Å². The summed E-state index contributed by atoms with van der Waals surface area (Å²) in [7, 11) is 0. The number of carbonyl (C=O) groups is 1. The zero-order valence-corrected chi connectivity index (χ0v) is 14.0. The summed E-state index contributed by atoms with van der Waals surface area (Å²) in [5.41, 5.74) is 7.06. The number of benzene rings is 1. The Hall–Kier alpha value is -1.39. The van der Waals surface area contributed by atoms with Gasteiger partial charge in [-0.05, 0) is 38.7 Å². The van der Waals surface area contributed by atoms with Crippen LogP contribution in [0.4, 0.5) is 0 Å². The third kappa shape index (κ3) is 4.55. The summed E-state index contributed by atoms with van der Waals surface area (Å²) < 4.78 is 0. The zero-order chi connectivity index (χ0) is 16.1. The number of hydrogen-bond donors (Lipinski definition) is 1. The van der Waals surface area contributed by atoms with Crippen molar-refractivity contribution in [1.82, 2.24) is 9.80 Å². The van der Waals surface area contributed by atoms with Gasteiger partial charge in [-0.2, -0.15) is 0 Å². The zero-order valence-electron chi connectivity index (χ0n) is 14.0. The number of hydrogen-bond acceptors (Lipinski definition) is 3. The number of carbonyl (C=O) groups excluding carboxylic acids is 1. The van der Waals surface area contributed by atoms with Crippen molar-refractivity contribution >= 4 is 5.91 Å². The molecule has 0 unspecified atom stereocenters. The van der Waals surface area contributed by atoms with Crippen LogP contribution in [0, 0.1) is 5.92 Å². The second kappa shape index (κ2) is 7.75.